The van der Waals surface area contributed by atoms with Crippen LogP contribution in [0.3, 0.4) is 0 Å². The summed E-state index contributed by atoms with van der Waals surface area (Å²) in [6.07, 6.45) is 8.59. The summed E-state index contributed by atoms with van der Waals surface area (Å²) in [6, 6.07) is 9.06. The van der Waals surface area contributed by atoms with Crippen molar-refractivity contribution >= 4 is 0 Å². The highest BCUT2D eigenvalue weighted by molar-refractivity contribution is 5.30. The molecular formula is C16H24N+. The van der Waals surface area contributed by atoms with Gasteiger partial charge in [0, 0.05) is 24.8 Å². The van der Waals surface area contributed by atoms with E-state index in [1.807, 2.05) is 0 Å². The number of rotatable bonds is 0. The summed E-state index contributed by atoms with van der Waals surface area (Å²) in [5, 5.41) is 2.66. The monoisotopic (exact) mass is 230 g/mol. The van der Waals surface area contributed by atoms with Gasteiger partial charge < -0.3 is 5.32 Å². The van der Waals surface area contributed by atoms with Gasteiger partial charge in [-0.2, -0.15) is 0 Å². The average Bonchev–Trinajstić information content (AvgIpc) is 2.50. The third-order valence-electron chi connectivity index (χ3n) is 4.90. The number of benzene rings is 1. The van der Waals surface area contributed by atoms with Crippen LogP contribution in [0.4, 0.5) is 0 Å². The predicted octanol–water partition coefficient (Wildman–Crippen LogP) is 2.96. The Morgan fingerprint density at radius 2 is 1.88 bits per heavy atom. The normalized spacial score (nSPS) is 27.5. The topological polar surface area (TPSA) is 16.6 Å². The first-order chi connectivity index (χ1) is 8.29. The number of nitrogens with two attached hydrogens (primary N) is 1. The zero-order valence-corrected chi connectivity index (χ0v) is 10.9. The summed E-state index contributed by atoms with van der Waals surface area (Å²) in [4.78, 5) is 0. The van der Waals surface area contributed by atoms with Crippen LogP contribution in [0.1, 0.15) is 62.5 Å². The second-order valence-corrected chi connectivity index (χ2v) is 6.14. The van der Waals surface area contributed by atoms with Gasteiger partial charge in [0.1, 0.15) is 6.54 Å². The van der Waals surface area contributed by atoms with Gasteiger partial charge in [0.2, 0.25) is 0 Å². The molecule has 1 spiro atoms. The van der Waals surface area contributed by atoms with Gasteiger partial charge >= 0.3 is 0 Å². The number of hydrogen-bond acceptors (Lipinski definition) is 0. The first-order valence-electron chi connectivity index (χ1n) is 7.21. The van der Waals surface area contributed by atoms with Crippen molar-refractivity contribution in [1.82, 2.24) is 0 Å². The molecule has 1 atom stereocenters. The molecule has 3 rings (SSSR count). The van der Waals surface area contributed by atoms with Crippen LogP contribution in [0, 0.1) is 0 Å². The fourth-order valence-corrected chi connectivity index (χ4v) is 3.99. The first-order valence-corrected chi connectivity index (χ1v) is 7.21. The molecule has 92 valence electrons. The van der Waals surface area contributed by atoms with E-state index in [0.29, 0.717) is 5.54 Å². The maximum atomic E-state index is 2.66. The summed E-state index contributed by atoms with van der Waals surface area (Å²) >= 11 is 0. The zero-order valence-electron chi connectivity index (χ0n) is 10.9. The molecule has 1 fully saturated rings. The van der Waals surface area contributed by atoms with Crippen molar-refractivity contribution in [3.63, 3.8) is 0 Å². The van der Waals surface area contributed by atoms with Gasteiger partial charge in [-0.05, 0) is 24.3 Å². The van der Waals surface area contributed by atoms with Gasteiger partial charge in [0.15, 0.2) is 0 Å². The Morgan fingerprint density at radius 3 is 2.71 bits per heavy atom. The maximum absolute atomic E-state index is 2.66. The second-order valence-electron chi connectivity index (χ2n) is 6.14. The molecule has 2 aliphatic rings. The zero-order chi connectivity index (χ0) is 11.7. The second kappa shape index (κ2) is 4.45. The highest BCUT2D eigenvalue weighted by Gasteiger charge is 2.39. The van der Waals surface area contributed by atoms with Crippen molar-refractivity contribution in [2.45, 2.75) is 63.5 Å². The Kier molecular flexibility index (Phi) is 2.96. The van der Waals surface area contributed by atoms with Crippen LogP contribution in [0.25, 0.3) is 0 Å². The van der Waals surface area contributed by atoms with Crippen LogP contribution in [0.15, 0.2) is 24.3 Å². The Bertz CT molecular complexity index is 390. The highest BCUT2D eigenvalue weighted by atomic mass is 15.0. The fraction of sp³-hybridized carbons (Fsp3) is 0.625. The number of hydrogen-bond donors (Lipinski definition) is 1. The van der Waals surface area contributed by atoms with E-state index in [1.54, 1.807) is 11.1 Å². The Labute approximate surface area is 105 Å². The molecule has 1 aliphatic carbocycles. The standard InChI is InChI=1S/C16H23N/c1-13-11-16(9-5-2-6-10-16)17-12-14-7-3-4-8-15(13)14/h3-4,7-8,13,17H,2,5-6,9-12H2,1H3/p+1. The number of quaternary nitrogens is 1. The molecule has 0 amide bonds. The molecular weight excluding hydrogens is 206 g/mol. The van der Waals surface area contributed by atoms with Crippen molar-refractivity contribution in [3.8, 4) is 0 Å². The quantitative estimate of drug-likeness (QED) is 0.705. The van der Waals surface area contributed by atoms with E-state index in [9.17, 15) is 0 Å². The van der Waals surface area contributed by atoms with Crippen molar-refractivity contribution in [2.24, 2.45) is 0 Å². The third kappa shape index (κ3) is 2.13. The minimum atomic E-state index is 0.566. The van der Waals surface area contributed by atoms with Crippen LogP contribution >= 0.6 is 0 Å². The maximum Gasteiger partial charge on any atom is 0.102 e. The summed E-state index contributed by atoms with van der Waals surface area (Å²) in [7, 11) is 0. The van der Waals surface area contributed by atoms with Crippen LogP contribution in [-0.4, -0.2) is 5.54 Å². The lowest BCUT2D eigenvalue weighted by Gasteiger charge is -2.35. The Hall–Kier alpha value is -0.820. The molecule has 1 aromatic carbocycles. The van der Waals surface area contributed by atoms with E-state index in [1.165, 1.54) is 45.1 Å². The largest absolute Gasteiger partial charge is 0.338 e. The summed E-state index contributed by atoms with van der Waals surface area (Å²) in [5.74, 6) is 0.739. The minimum Gasteiger partial charge on any atom is -0.338 e. The Morgan fingerprint density at radius 1 is 1.12 bits per heavy atom. The lowest BCUT2D eigenvalue weighted by Crippen LogP contribution is -2.95. The van der Waals surface area contributed by atoms with Gasteiger partial charge in [-0.15, -0.1) is 0 Å². The van der Waals surface area contributed by atoms with Crippen molar-refractivity contribution in [1.29, 1.82) is 0 Å². The van der Waals surface area contributed by atoms with Crippen molar-refractivity contribution in [3.05, 3.63) is 35.4 Å². The summed E-state index contributed by atoms with van der Waals surface area (Å²) in [5.41, 5.74) is 3.74. The average molecular weight is 230 g/mol. The molecule has 0 saturated heterocycles. The molecule has 1 heteroatoms. The molecule has 1 nitrogen and oxygen atoms in total. The molecule has 2 N–H and O–H groups in total. The van der Waals surface area contributed by atoms with Crippen LogP contribution in [0.5, 0.6) is 0 Å². The lowest BCUT2D eigenvalue weighted by molar-refractivity contribution is -0.744. The lowest BCUT2D eigenvalue weighted by atomic mass is 9.75. The molecule has 0 bridgehead atoms. The van der Waals surface area contributed by atoms with Gasteiger partial charge in [-0.1, -0.05) is 37.6 Å². The molecule has 1 heterocycles. The van der Waals surface area contributed by atoms with Gasteiger partial charge in [-0.25, -0.2) is 0 Å². The fourth-order valence-electron chi connectivity index (χ4n) is 3.99. The number of fused-ring (bicyclic) bond motifs is 1. The van der Waals surface area contributed by atoms with E-state index in [4.69, 9.17) is 0 Å². The molecule has 1 unspecified atom stereocenters. The SMILES string of the molecule is CC1CC2(CCCCC2)[NH2+]Cc2ccccc21. The molecule has 0 radical (unpaired) electrons. The van der Waals surface area contributed by atoms with E-state index >= 15 is 0 Å². The van der Waals surface area contributed by atoms with Crippen molar-refractivity contribution in [2.75, 3.05) is 0 Å². The smallest absolute Gasteiger partial charge is 0.102 e. The highest BCUT2D eigenvalue weighted by Crippen LogP contribution is 2.36. The molecule has 1 saturated carbocycles. The minimum absolute atomic E-state index is 0.566. The van der Waals surface area contributed by atoms with E-state index in [2.05, 4.69) is 36.5 Å². The van der Waals surface area contributed by atoms with Crippen LogP contribution in [0.2, 0.25) is 0 Å². The van der Waals surface area contributed by atoms with Gasteiger partial charge in [0.05, 0.1) is 5.54 Å². The molecule has 1 aliphatic heterocycles. The van der Waals surface area contributed by atoms with Crippen LogP contribution < -0.4 is 5.32 Å². The molecule has 17 heavy (non-hydrogen) atoms. The third-order valence-corrected chi connectivity index (χ3v) is 4.90. The summed E-state index contributed by atoms with van der Waals surface area (Å²) < 4.78 is 0. The van der Waals surface area contributed by atoms with E-state index in [-0.39, 0.29) is 0 Å². The van der Waals surface area contributed by atoms with Gasteiger partial charge in [0.25, 0.3) is 0 Å². The van der Waals surface area contributed by atoms with Gasteiger partial charge in [-0.3, -0.25) is 0 Å². The van der Waals surface area contributed by atoms with E-state index in [0.717, 1.165) is 5.92 Å². The van der Waals surface area contributed by atoms with Crippen molar-refractivity contribution < 1.29 is 5.32 Å². The Balaban J connectivity index is 1.88. The first kappa shape index (κ1) is 11.3. The summed E-state index contributed by atoms with van der Waals surface area (Å²) in [6.45, 7) is 3.62. The van der Waals surface area contributed by atoms with Crippen LogP contribution in [-0.2, 0) is 6.54 Å². The molecule has 0 aromatic heterocycles. The molecule has 1 aromatic rings. The van der Waals surface area contributed by atoms with E-state index < -0.39 is 0 Å². The predicted molar refractivity (Wildman–Crippen MR) is 70.9 cm³/mol.